The van der Waals surface area contributed by atoms with Crippen molar-refractivity contribution in [2.24, 2.45) is 0 Å². The molecule has 6 heteroatoms. The molecule has 20 heavy (non-hydrogen) atoms. The van der Waals surface area contributed by atoms with Crippen LogP contribution >= 0.6 is 0 Å². The molecule has 1 aromatic carbocycles. The summed E-state index contributed by atoms with van der Waals surface area (Å²) in [4.78, 5) is 2.19. The van der Waals surface area contributed by atoms with Gasteiger partial charge in [-0.2, -0.15) is 0 Å². The smallest absolute Gasteiger partial charge is 0.215 e. The van der Waals surface area contributed by atoms with Gasteiger partial charge in [0.15, 0.2) is 0 Å². The summed E-state index contributed by atoms with van der Waals surface area (Å²) in [6, 6.07) is 7.60. The fraction of sp³-hybridized carbons (Fsp3) is 0.571. The Balaban J connectivity index is 1.79. The van der Waals surface area contributed by atoms with E-state index in [0.29, 0.717) is 12.6 Å². The molecule has 2 rings (SSSR count). The van der Waals surface area contributed by atoms with Crippen molar-refractivity contribution < 1.29 is 13.5 Å². The summed E-state index contributed by atoms with van der Waals surface area (Å²) in [6.07, 6.45) is 2.45. The van der Waals surface area contributed by atoms with Crippen LogP contribution in [0.1, 0.15) is 24.0 Å². The van der Waals surface area contributed by atoms with E-state index < -0.39 is 10.0 Å². The highest BCUT2D eigenvalue weighted by Crippen LogP contribution is 2.24. The van der Waals surface area contributed by atoms with E-state index in [9.17, 15) is 8.42 Å². The molecule has 2 N–H and O–H groups in total. The lowest BCUT2D eigenvalue weighted by molar-refractivity contribution is 0.282. The Morgan fingerprint density at radius 3 is 2.40 bits per heavy atom. The van der Waals surface area contributed by atoms with Crippen LogP contribution in [0.5, 0.6) is 0 Å². The van der Waals surface area contributed by atoms with E-state index in [1.807, 2.05) is 7.05 Å². The standard InChI is InChI=1S/C14H22N2O3S/c1-16(14-6-7-14)9-8-15-20(18,19)11-13-4-2-12(10-17)3-5-13/h2-5,14-15,17H,6-11H2,1H3. The quantitative estimate of drug-likeness (QED) is 0.741. The first kappa shape index (κ1) is 15.4. The third-order valence-corrected chi connectivity index (χ3v) is 4.88. The Labute approximate surface area is 120 Å². The van der Waals surface area contributed by atoms with Crippen LogP contribution in [-0.2, 0) is 22.4 Å². The van der Waals surface area contributed by atoms with Gasteiger partial charge in [0, 0.05) is 19.1 Å². The molecule has 0 bridgehead atoms. The lowest BCUT2D eigenvalue weighted by atomic mass is 10.2. The monoisotopic (exact) mass is 298 g/mol. The van der Waals surface area contributed by atoms with Gasteiger partial charge in [-0.3, -0.25) is 0 Å². The number of benzene rings is 1. The van der Waals surface area contributed by atoms with Gasteiger partial charge in [0.05, 0.1) is 12.4 Å². The van der Waals surface area contributed by atoms with E-state index in [1.54, 1.807) is 24.3 Å². The Hall–Kier alpha value is -0.950. The molecule has 112 valence electrons. The van der Waals surface area contributed by atoms with Gasteiger partial charge in [-0.1, -0.05) is 24.3 Å². The van der Waals surface area contributed by atoms with E-state index in [-0.39, 0.29) is 12.4 Å². The maximum Gasteiger partial charge on any atom is 0.215 e. The normalized spacial score (nSPS) is 15.8. The molecule has 1 saturated carbocycles. The van der Waals surface area contributed by atoms with Gasteiger partial charge in [-0.25, -0.2) is 13.1 Å². The second kappa shape index (κ2) is 6.67. The molecule has 5 nitrogen and oxygen atoms in total. The van der Waals surface area contributed by atoms with Crippen LogP contribution in [0.25, 0.3) is 0 Å². The summed E-state index contributed by atoms with van der Waals surface area (Å²) < 4.78 is 26.5. The van der Waals surface area contributed by atoms with Gasteiger partial charge in [0.1, 0.15) is 0 Å². The number of nitrogens with one attached hydrogen (secondary N) is 1. The predicted octanol–water partition coefficient (Wildman–Crippen LogP) is 0.692. The summed E-state index contributed by atoms with van der Waals surface area (Å²) in [5.74, 6) is -0.0220. The Kier molecular flexibility index (Phi) is 5.15. The SMILES string of the molecule is CN(CCNS(=O)(=O)Cc1ccc(CO)cc1)C1CC1. The molecular formula is C14H22N2O3S. The van der Waals surface area contributed by atoms with Crippen molar-refractivity contribution in [3.05, 3.63) is 35.4 Å². The third-order valence-electron chi connectivity index (χ3n) is 3.52. The zero-order valence-corrected chi connectivity index (χ0v) is 12.6. The number of rotatable bonds is 8. The van der Waals surface area contributed by atoms with Gasteiger partial charge in [-0.15, -0.1) is 0 Å². The molecule has 0 spiro atoms. The second-order valence-electron chi connectivity index (χ2n) is 5.34. The van der Waals surface area contributed by atoms with Crippen LogP contribution in [-0.4, -0.2) is 44.6 Å². The third kappa shape index (κ3) is 4.86. The number of aliphatic hydroxyl groups is 1. The first-order valence-electron chi connectivity index (χ1n) is 6.86. The van der Waals surface area contributed by atoms with Crippen LogP contribution in [0.3, 0.4) is 0 Å². The van der Waals surface area contributed by atoms with E-state index in [1.165, 1.54) is 12.8 Å². The minimum Gasteiger partial charge on any atom is -0.392 e. The fourth-order valence-corrected chi connectivity index (χ4v) is 3.22. The molecule has 0 heterocycles. The van der Waals surface area contributed by atoms with Crippen LogP contribution < -0.4 is 4.72 Å². The van der Waals surface area contributed by atoms with Crippen molar-refractivity contribution >= 4 is 10.0 Å². The Morgan fingerprint density at radius 2 is 1.85 bits per heavy atom. The lowest BCUT2D eigenvalue weighted by Gasteiger charge is -2.15. The topological polar surface area (TPSA) is 69.6 Å². The van der Waals surface area contributed by atoms with E-state index in [0.717, 1.165) is 17.7 Å². The average molecular weight is 298 g/mol. The largest absolute Gasteiger partial charge is 0.392 e. The summed E-state index contributed by atoms with van der Waals surface area (Å²) in [7, 11) is -1.27. The van der Waals surface area contributed by atoms with Crippen LogP contribution in [0.15, 0.2) is 24.3 Å². The van der Waals surface area contributed by atoms with Crippen molar-refractivity contribution in [2.45, 2.75) is 31.2 Å². The van der Waals surface area contributed by atoms with Crippen molar-refractivity contribution in [1.82, 2.24) is 9.62 Å². The first-order chi connectivity index (χ1) is 9.50. The second-order valence-corrected chi connectivity index (χ2v) is 7.15. The highest BCUT2D eigenvalue weighted by atomic mass is 32.2. The molecule has 1 aliphatic rings. The molecule has 0 aliphatic heterocycles. The van der Waals surface area contributed by atoms with Crippen molar-refractivity contribution in [3.8, 4) is 0 Å². The summed E-state index contributed by atoms with van der Waals surface area (Å²) in [6.45, 7) is 1.16. The minimum atomic E-state index is -3.29. The molecule has 0 atom stereocenters. The summed E-state index contributed by atoms with van der Waals surface area (Å²) >= 11 is 0. The molecule has 1 aromatic rings. The molecule has 0 aromatic heterocycles. The lowest BCUT2D eigenvalue weighted by Crippen LogP contribution is -2.34. The molecule has 0 saturated heterocycles. The highest BCUT2D eigenvalue weighted by molar-refractivity contribution is 7.88. The number of hydrogen-bond acceptors (Lipinski definition) is 4. The van der Waals surface area contributed by atoms with Gasteiger partial charge < -0.3 is 10.0 Å². The number of likely N-dealkylation sites (N-methyl/N-ethyl adjacent to an activating group) is 1. The van der Waals surface area contributed by atoms with Crippen molar-refractivity contribution in [1.29, 1.82) is 0 Å². The zero-order valence-electron chi connectivity index (χ0n) is 11.7. The van der Waals surface area contributed by atoms with E-state index in [2.05, 4.69) is 9.62 Å². The first-order valence-corrected chi connectivity index (χ1v) is 8.51. The number of hydrogen-bond donors (Lipinski definition) is 2. The zero-order chi connectivity index (χ0) is 14.6. The average Bonchev–Trinajstić information content (AvgIpc) is 3.23. The maximum absolute atomic E-state index is 11.9. The fourth-order valence-electron chi connectivity index (χ4n) is 2.09. The van der Waals surface area contributed by atoms with Gasteiger partial charge in [-0.05, 0) is 31.0 Å². The summed E-state index contributed by atoms with van der Waals surface area (Å²) in [5, 5.41) is 8.94. The van der Waals surface area contributed by atoms with Crippen LogP contribution in [0, 0.1) is 0 Å². The number of sulfonamides is 1. The van der Waals surface area contributed by atoms with Gasteiger partial charge in [0.25, 0.3) is 0 Å². The van der Waals surface area contributed by atoms with Crippen LogP contribution in [0.4, 0.5) is 0 Å². The van der Waals surface area contributed by atoms with Gasteiger partial charge >= 0.3 is 0 Å². The summed E-state index contributed by atoms with van der Waals surface area (Å²) in [5.41, 5.74) is 1.51. The Bertz CT molecular complexity index is 524. The molecule has 0 unspecified atom stereocenters. The molecule has 1 aliphatic carbocycles. The molecule has 0 radical (unpaired) electrons. The van der Waals surface area contributed by atoms with E-state index in [4.69, 9.17) is 5.11 Å². The minimum absolute atomic E-state index is 0.0220. The maximum atomic E-state index is 11.9. The molecular weight excluding hydrogens is 276 g/mol. The van der Waals surface area contributed by atoms with Crippen LogP contribution in [0.2, 0.25) is 0 Å². The Morgan fingerprint density at radius 1 is 1.25 bits per heavy atom. The van der Waals surface area contributed by atoms with E-state index >= 15 is 0 Å². The predicted molar refractivity (Wildman–Crippen MR) is 78.6 cm³/mol. The van der Waals surface area contributed by atoms with Crippen molar-refractivity contribution in [2.75, 3.05) is 20.1 Å². The molecule has 1 fully saturated rings. The highest BCUT2D eigenvalue weighted by Gasteiger charge is 2.25. The number of aliphatic hydroxyl groups excluding tert-OH is 1. The van der Waals surface area contributed by atoms with Crippen molar-refractivity contribution in [3.63, 3.8) is 0 Å². The molecule has 0 amide bonds. The number of nitrogens with zero attached hydrogens (tertiary/aromatic N) is 1. The van der Waals surface area contributed by atoms with Gasteiger partial charge in [0.2, 0.25) is 10.0 Å².